The van der Waals surface area contributed by atoms with E-state index in [0.717, 1.165) is 10.5 Å². The summed E-state index contributed by atoms with van der Waals surface area (Å²) in [6, 6.07) is 5.98. The van der Waals surface area contributed by atoms with Gasteiger partial charge < -0.3 is 14.5 Å². The molecule has 0 aliphatic rings. The van der Waals surface area contributed by atoms with Gasteiger partial charge in [-0.05, 0) is 70.4 Å². The van der Waals surface area contributed by atoms with E-state index >= 15 is 0 Å². The van der Waals surface area contributed by atoms with Gasteiger partial charge in [-0.2, -0.15) is 0 Å². The van der Waals surface area contributed by atoms with E-state index < -0.39 is 18.0 Å². The molecule has 1 heterocycles. The number of nitrogens with one attached hydrogen (secondary N) is 1. The lowest BCUT2D eigenvalue weighted by molar-refractivity contribution is -0.143. The number of hydrogen-bond donors (Lipinski definition) is 1. The van der Waals surface area contributed by atoms with Crippen molar-refractivity contribution in [1.82, 2.24) is 4.98 Å². The number of Topliss-reactive ketones (excluding diaryl/α,β-unsaturated/α-hetero) is 1. The van der Waals surface area contributed by atoms with Crippen molar-refractivity contribution >= 4 is 29.5 Å². The number of carbonyl (C=O) groups excluding carboxylic acids is 3. The highest BCUT2D eigenvalue weighted by Crippen LogP contribution is 2.23. The summed E-state index contributed by atoms with van der Waals surface area (Å²) in [5.74, 6) is -1.23. The standard InChI is InChI=1S/C22H27NO5S/c1-7-27-22(26)19-14(4)20(23-15(19)5)21(25)16(6)28-18(24)11-29-17-9-8-12(2)13(3)10-17/h8-10,16,23H,7,11H2,1-6H3/t16-/m1/s1. The maximum atomic E-state index is 12.7. The number of rotatable bonds is 8. The van der Waals surface area contributed by atoms with Crippen LogP contribution in [0.4, 0.5) is 0 Å². The quantitative estimate of drug-likeness (QED) is 0.391. The third kappa shape index (κ3) is 5.50. The van der Waals surface area contributed by atoms with E-state index in [1.54, 1.807) is 20.8 Å². The van der Waals surface area contributed by atoms with E-state index in [1.807, 2.05) is 32.0 Å². The monoisotopic (exact) mass is 417 g/mol. The second-order valence-electron chi connectivity index (χ2n) is 6.88. The Morgan fingerprint density at radius 2 is 1.79 bits per heavy atom. The van der Waals surface area contributed by atoms with Crippen molar-refractivity contribution in [1.29, 1.82) is 0 Å². The van der Waals surface area contributed by atoms with E-state index in [0.29, 0.717) is 16.8 Å². The lowest BCUT2D eigenvalue weighted by Crippen LogP contribution is -2.26. The molecule has 0 unspecified atom stereocenters. The number of benzene rings is 1. The summed E-state index contributed by atoms with van der Waals surface area (Å²) in [5, 5.41) is 0. The zero-order valence-electron chi connectivity index (χ0n) is 17.7. The van der Waals surface area contributed by atoms with Crippen molar-refractivity contribution in [3.8, 4) is 0 Å². The van der Waals surface area contributed by atoms with Gasteiger partial charge >= 0.3 is 11.9 Å². The first-order valence-corrected chi connectivity index (χ1v) is 10.4. The van der Waals surface area contributed by atoms with Crippen LogP contribution in [0.15, 0.2) is 23.1 Å². The molecule has 1 aromatic carbocycles. The lowest BCUT2D eigenvalue weighted by atomic mass is 10.1. The Morgan fingerprint density at radius 1 is 1.10 bits per heavy atom. The molecule has 1 N–H and O–H groups in total. The second kappa shape index (κ2) is 9.78. The van der Waals surface area contributed by atoms with Crippen molar-refractivity contribution in [2.75, 3.05) is 12.4 Å². The average molecular weight is 418 g/mol. The smallest absolute Gasteiger partial charge is 0.340 e. The summed E-state index contributed by atoms with van der Waals surface area (Å²) in [4.78, 5) is 40.9. The van der Waals surface area contributed by atoms with Crippen LogP contribution in [0.3, 0.4) is 0 Å². The molecule has 0 bridgehead atoms. The van der Waals surface area contributed by atoms with Gasteiger partial charge in [0.1, 0.15) is 0 Å². The zero-order chi connectivity index (χ0) is 21.7. The van der Waals surface area contributed by atoms with Gasteiger partial charge in [-0.15, -0.1) is 11.8 Å². The van der Waals surface area contributed by atoms with Gasteiger partial charge in [-0.1, -0.05) is 6.07 Å². The lowest BCUT2D eigenvalue weighted by Gasteiger charge is -2.12. The molecule has 0 fully saturated rings. The molecule has 29 heavy (non-hydrogen) atoms. The van der Waals surface area contributed by atoms with E-state index in [9.17, 15) is 14.4 Å². The van der Waals surface area contributed by atoms with Crippen LogP contribution in [0.25, 0.3) is 0 Å². The predicted octanol–water partition coefficient (Wildman–Crippen LogP) is 4.33. The third-order valence-corrected chi connectivity index (χ3v) is 5.64. The summed E-state index contributed by atoms with van der Waals surface area (Å²) in [5.41, 5.74) is 4.00. The zero-order valence-corrected chi connectivity index (χ0v) is 18.5. The topological polar surface area (TPSA) is 85.5 Å². The molecular formula is C22H27NO5S. The first kappa shape index (κ1) is 22.7. The molecular weight excluding hydrogens is 390 g/mol. The van der Waals surface area contributed by atoms with Crippen molar-refractivity contribution in [3.05, 3.63) is 51.8 Å². The van der Waals surface area contributed by atoms with E-state index in [4.69, 9.17) is 9.47 Å². The molecule has 0 aliphatic carbocycles. The third-order valence-electron chi connectivity index (χ3n) is 4.68. The number of aryl methyl sites for hydroxylation is 3. The minimum Gasteiger partial charge on any atom is -0.462 e. The fraction of sp³-hybridized carbons (Fsp3) is 0.409. The van der Waals surface area contributed by atoms with E-state index in [2.05, 4.69) is 4.98 Å². The number of esters is 2. The van der Waals surface area contributed by atoms with Gasteiger partial charge in [0, 0.05) is 10.6 Å². The molecule has 2 aromatic rings. The Labute approximate surface area is 175 Å². The fourth-order valence-corrected chi connectivity index (χ4v) is 3.72. The minimum absolute atomic E-state index is 0.108. The number of H-pyrrole nitrogens is 1. The molecule has 0 spiro atoms. The van der Waals surface area contributed by atoms with Crippen molar-refractivity contribution in [3.63, 3.8) is 0 Å². The SMILES string of the molecule is CCOC(=O)c1c(C)[nH]c(C(=O)[C@@H](C)OC(=O)CSc2ccc(C)c(C)c2)c1C. The molecule has 0 saturated heterocycles. The molecule has 1 aromatic heterocycles. The second-order valence-corrected chi connectivity index (χ2v) is 7.93. The van der Waals surface area contributed by atoms with Crippen LogP contribution < -0.4 is 0 Å². The van der Waals surface area contributed by atoms with Crippen molar-refractivity contribution in [2.24, 2.45) is 0 Å². The molecule has 0 amide bonds. The maximum Gasteiger partial charge on any atom is 0.340 e. The Hall–Kier alpha value is -2.54. The van der Waals surface area contributed by atoms with Crippen molar-refractivity contribution < 1.29 is 23.9 Å². The molecule has 6 nitrogen and oxygen atoms in total. The first-order valence-electron chi connectivity index (χ1n) is 9.45. The molecule has 1 atom stereocenters. The molecule has 0 radical (unpaired) electrons. The number of thioether (sulfide) groups is 1. The van der Waals surface area contributed by atoms with Gasteiger partial charge in [0.15, 0.2) is 6.10 Å². The normalized spacial score (nSPS) is 11.8. The molecule has 156 valence electrons. The van der Waals surface area contributed by atoms with Crippen molar-refractivity contribution in [2.45, 2.75) is 52.5 Å². The van der Waals surface area contributed by atoms with Crippen LogP contribution in [0.1, 0.15) is 57.1 Å². The largest absolute Gasteiger partial charge is 0.462 e. The maximum absolute atomic E-state index is 12.7. The summed E-state index contributed by atoms with van der Waals surface area (Å²) in [6.07, 6.45) is -0.963. The highest BCUT2D eigenvalue weighted by Gasteiger charge is 2.27. The summed E-state index contributed by atoms with van der Waals surface area (Å²) >= 11 is 1.37. The highest BCUT2D eigenvalue weighted by atomic mass is 32.2. The van der Waals surface area contributed by atoms with Crippen LogP contribution >= 0.6 is 11.8 Å². The van der Waals surface area contributed by atoms with Gasteiger partial charge in [0.05, 0.1) is 23.6 Å². The van der Waals surface area contributed by atoms with Crippen LogP contribution in [0, 0.1) is 27.7 Å². The van der Waals surface area contributed by atoms with E-state index in [-0.39, 0.29) is 23.8 Å². The molecule has 0 saturated carbocycles. The van der Waals surface area contributed by atoms with Gasteiger partial charge in [-0.25, -0.2) is 4.79 Å². The van der Waals surface area contributed by atoms with Gasteiger partial charge in [0.2, 0.25) is 5.78 Å². The Kier molecular flexibility index (Phi) is 7.67. The number of hydrogen-bond acceptors (Lipinski definition) is 6. The number of aromatic amines is 1. The molecule has 2 rings (SSSR count). The Bertz CT molecular complexity index is 932. The summed E-state index contributed by atoms with van der Waals surface area (Å²) in [6.45, 7) is 10.9. The Balaban J connectivity index is 2.01. The van der Waals surface area contributed by atoms with Gasteiger partial charge in [0.25, 0.3) is 0 Å². The predicted molar refractivity (Wildman–Crippen MR) is 113 cm³/mol. The summed E-state index contributed by atoms with van der Waals surface area (Å²) in [7, 11) is 0. The first-order chi connectivity index (χ1) is 13.6. The van der Waals surface area contributed by atoms with Crippen LogP contribution in [-0.4, -0.2) is 41.2 Å². The van der Waals surface area contributed by atoms with Crippen LogP contribution in [0.5, 0.6) is 0 Å². The molecule has 0 aliphatic heterocycles. The Morgan fingerprint density at radius 3 is 2.41 bits per heavy atom. The molecule has 7 heteroatoms. The highest BCUT2D eigenvalue weighted by molar-refractivity contribution is 8.00. The fourth-order valence-electron chi connectivity index (χ4n) is 2.94. The number of ketones is 1. The number of aromatic nitrogens is 1. The number of ether oxygens (including phenoxy) is 2. The summed E-state index contributed by atoms with van der Waals surface area (Å²) < 4.78 is 10.3. The van der Waals surface area contributed by atoms with Crippen LogP contribution in [0.2, 0.25) is 0 Å². The van der Waals surface area contributed by atoms with Gasteiger partial charge in [-0.3, -0.25) is 9.59 Å². The van der Waals surface area contributed by atoms with Crippen LogP contribution in [-0.2, 0) is 14.3 Å². The van der Waals surface area contributed by atoms with E-state index in [1.165, 1.54) is 24.2 Å². The number of carbonyl (C=O) groups is 3. The average Bonchev–Trinajstić information content (AvgIpc) is 2.96. The minimum atomic E-state index is -0.963.